The van der Waals surface area contributed by atoms with Crippen LogP contribution in [0.4, 0.5) is 0 Å². The minimum absolute atomic E-state index is 0.0922. The van der Waals surface area contributed by atoms with E-state index in [0.717, 1.165) is 54.2 Å². The fourth-order valence-electron chi connectivity index (χ4n) is 2.71. The van der Waals surface area contributed by atoms with Gasteiger partial charge in [-0.1, -0.05) is 27.5 Å². The van der Waals surface area contributed by atoms with Crippen LogP contribution >= 0.6 is 27.5 Å². The zero-order valence-corrected chi connectivity index (χ0v) is 16.4. The second kappa shape index (κ2) is 10.4. The molecule has 1 heterocycles. The summed E-state index contributed by atoms with van der Waals surface area (Å²) in [6.07, 6.45) is 0.851. The van der Waals surface area contributed by atoms with E-state index in [1.54, 1.807) is 7.11 Å². The lowest BCUT2D eigenvalue weighted by molar-refractivity contribution is -0.122. The van der Waals surface area contributed by atoms with Gasteiger partial charge >= 0.3 is 0 Å². The average molecular weight is 419 g/mol. The Balaban J connectivity index is 1.69. The van der Waals surface area contributed by atoms with Crippen molar-refractivity contribution in [1.82, 2.24) is 15.1 Å². The van der Waals surface area contributed by atoms with Crippen molar-refractivity contribution >= 4 is 33.4 Å². The van der Waals surface area contributed by atoms with Gasteiger partial charge in [-0.2, -0.15) is 0 Å². The van der Waals surface area contributed by atoms with Gasteiger partial charge in [0.05, 0.1) is 6.54 Å². The van der Waals surface area contributed by atoms with Gasteiger partial charge in [-0.3, -0.25) is 14.6 Å². The Bertz CT molecular complexity index is 537. The fourth-order valence-corrected chi connectivity index (χ4v) is 3.30. The number of rotatable bonds is 8. The number of amides is 1. The van der Waals surface area contributed by atoms with Gasteiger partial charge in [-0.25, -0.2) is 0 Å². The van der Waals surface area contributed by atoms with Crippen LogP contribution in [0.15, 0.2) is 22.7 Å². The molecule has 134 valence electrons. The highest BCUT2D eigenvalue weighted by molar-refractivity contribution is 9.10. The Labute approximate surface area is 157 Å². The lowest BCUT2D eigenvalue weighted by Crippen LogP contribution is -2.49. The maximum absolute atomic E-state index is 11.9. The van der Waals surface area contributed by atoms with Crippen molar-refractivity contribution in [2.45, 2.75) is 13.0 Å². The molecule has 7 heteroatoms. The van der Waals surface area contributed by atoms with E-state index in [4.69, 9.17) is 16.3 Å². The number of nitrogens with zero attached hydrogens (tertiary/aromatic N) is 2. The predicted octanol–water partition coefficient (Wildman–Crippen LogP) is 2.37. The van der Waals surface area contributed by atoms with Gasteiger partial charge < -0.3 is 10.1 Å². The zero-order valence-electron chi connectivity index (χ0n) is 14.1. The van der Waals surface area contributed by atoms with Crippen LogP contribution in [0, 0.1) is 0 Å². The molecule has 0 atom stereocenters. The molecule has 0 radical (unpaired) electrons. The predicted molar refractivity (Wildman–Crippen MR) is 100 cm³/mol. The van der Waals surface area contributed by atoms with Crippen molar-refractivity contribution < 1.29 is 9.53 Å². The first-order valence-electron chi connectivity index (χ1n) is 8.23. The molecule has 0 spiro atoms. The molecule has 0 aromatic heterocycles. The van der Waals surface area contributed by atoms with Gasteiger partial charge in [-0.15, -0.1) is 0 Å². The van der Waals surface area contributed by atoms with Gasteiger partial charge in [0.15, 0.2) is 0 Å². The smallest absolute Gasteiger partial charge is 0.234 e. The maximum atomic E-state index is 11.9. The summed E-state index contributed by atoms with van der Waals surface area (Å²) in [5, 5.41) is 3.73. The Morgan fingerprint density at radius 1 is 1.29 bits per heavy atom. The molecule has 1 amide bonds. The minimum atomic E-state index is 0.0922. The summed E-state index contributed by atoms with van der Waals surface area (Å²) in [4.78, 5) is 16.5. The quantitative estimate of drug-likeness (QED) is 0.658. The van der Waals surface area contributed by atoms with Gasteiger partial charge in [0.2, 0.25) is 5.91 Å². The monoisotopic (exact) mass is 417 g/mol. The topological polar surface area (TPSA) is 44.8 Å². The van der Waals surface area contributed by atoms with Crippen molar-refractivity contribution in [2.24, 2.45) is 0 Å². The van der Waals surface area contributed by atoms with Gasteiger partial charge in [0.1, 0.15) is 0 Å². The third-order valence-electron chi connectivity index (χ3n) is 4.08. The molecular weight excluding hydrogens is 394 g/mol. The molecule has 0 bridgehead atoms. The van der Waals surface area contributed by atoms with Crippen LogP contribution in [-0.2, 0) is 16.1 Å². The van der Waals surface area contributed by atoms with Crippen molar-refractivity contribution in [3.63, 3.8) is 0 Å². The fraction of sp³-hybridized carbons (Fsp3) is 0.588. The first-order valence-corrected chi connectivity index (χ1v) is 9.40. The highest BCUT2D eigenvalue weighted by Crippen LogP contribution is 2.22. The first kappa shape index (κ1) is 19.7. The molecule has 1 N–H and O–H groups in total. The number of benzene rings is 1. The van der Waals surface area contributed by atoms with E-state index in [-0.39, 0.29) is 5.91 Å². The molecule has 5 nitrogen and oxygen atoms in total. The van der Waals surface area contributed by atoms with E-state index in [2.05, 4.69) is 37.1 Å². The van der Waals surface area contributed by atoms with Crippen LogP contribution in [0.25, 0.3) is 0 Å². The van der Waals surface area contributed by atoms with Crippen molar-refractivity contribution in [1.29, 1.82) is 0 Å². The summed E-state index contributed by atoms with van der Waals surface area (Å²) in [6.45, 7) is 6.35. The molecule has 0 saturated carbocycles. The number of nitrogens with one attached hydrogen (secondary N) is 1. The number of halogens is 2. The Kier molecular flexibility index (Phi) is 8.49. The number of carbonyl (C=O) groups is 1. The highest BCUT2D eigenvalue weighted by atomic mass is 79.9. The summed E-state index contributed by atoms with van der Waals surface area (Å²) in [7, 11) is 1.67. The normalized spacial score (nSPS) is 16.3. The SMILES string of the molecule is COCCCNC(=O)CN1CCN(Cc2cc(Br)ccc2Cl)CC1. The van der Waals surface area contributed by atoms with Crippen LogP contribution in [0.2, 0.25) is 5.02 Å². The van der Waals surface area contributed by atoms with E-state index in [1.807, 2.05) is 12.1 Å². The number of hydrogen-bond acceptors (Lipinski definition) is 4. The summed E-state index contributed by atoms with van der Waals surface area (Å²) in [6, 6.07) is 5.95. The van der Waals surface area contributed by atoms with Crippen molar-refractivity contribution in [2.75, 3.05) is 53.0 Å². The van der Waals surface area contributed by atoms with Crippen LogP contribution in [0.1, 0.15) is 12.0 Å². The number of hydrogen-bond donors (Lipinski definition) is 1. The van der Waals surface area contributed by atoms with E-state index >= 15 is 0 Å². The Hall–Kier alpha value is -0.660. The number of carbonyl (C=O) groups excluding carboxylic acids is 1. The Morgan fingerprint density at radius 2 is 2.00 bits per heavy atom. The minimum Gasteiger partial charge on any atom is -0.385 e. The summed E-state index contributed by atoms with van der Waals surface area (Å²) in [5.74, 6) is 0.0922. The van der Waals surface area contributed by atoms with Crippen LogP contribution < -0.4 is 5.32 Å². The lowest BCUT2D eigenvalue weighted by Gasteiger charge is -2.34. The summed E-state index contributed by atoms with van der Waals surface area (Å²) < 4.78 is 6.02. The van der Waals surface area contributed by atoms with Gasteiger partial charge in [0.25, 0.3) is 0 Å². The molecular formula is C17H25BrClN3O2. The molecule has 1 fully saturated rings. The molecule has 1 aromatic rings. The van der Waals surface area contributed by atoms with Gasteiger partial charge in [-0.05, 0) is 30.2 Å². The molecule has 2 rings (SSSR count). The standard InChI is InChI=1S/C17H25BrClN3O2/c1-24-10-2-5-20-17(23)13-22-8-6-21(7-9-22)12-14-11-15(18)3-4-16(14)19/h3-4,11H,2,5-10,12-13H2,1H3,(H,20,23). The summed E-state index contributed by atoms with van der Waals surface area (Å²) in [5.41, 5.74) is 1.13. The van der Waals surface area contributed by atoms with Crippen LogP contribution in [0.3, 0.4) is 0 Å². The van der Waals surface area contributed by atoms with Crippen molar-refractivity contribution in [3.8, 4) is 0 Å². The Morgan fingerprint density at radius 3 is 2.71 bits per heavy atom. The molecule has 1 aliphatic rings. The lowest BCUT2D eigenvalue weighted by atomic mass is 10.2. The largest absolute Gasteiger partial charge is 0.385 e. The highest BCUT2D eigenvalue weighted by Gasteiger charge is 2.19. The van der Waals surface area contributed by atoms with E-state index in [0.29, 0.717) is 19.7 Å². The third-order valence-corrected chi connectivity index (χ3v) is 4.94. The molecule has 1 aliphatic heterocycles. The van der Waals surface area contributed by atoms with E-state index < -0.39 is 0 Å². The molecule has 0 unspecified atom stereocenters. The molecule has 1 saturated heterocycles. The first-order chi connectivity index (χ1) is 11.6. The second-order valence-electron chi connectivity index (χ2n) is 5.98. The van der Waals surface area contributed by atoms with Crippen LogP contribution in [0.5, 0.6) is 0 Å². The van der Waals surface area contributed by atoms with Crippen LogP contribution in [-0.4, -0.2) is 68.7 Å². The van der Waals surface area contributed by atoms with E-state index in [9.17, 15) is 4.79 Å². The molecule has 0 aliphatic carbocycles. The maximum Gasteiger partial charge on any atom is 0.234 e. The number of methoxy groups -OCH3 is 1. The zero-order chi connectivity index (χ0) is 17.4. The summed E-state index contributed by atoms with van der Waals surface area (Å²) >= 11 is 9.75. The van der Waals surface area contributed by atoms with Gasteiger partial charge in [0, 0.05) is 62.5 Å². The molecule has 24 heavy (non-hydrogen) atoms. The average Bonchev–Trinajstić information content (AvgIpc) is 2.57. The second-order valence-corrected chi connectivity index (χ2v) is 7.31. The van der Waals surface area contributed by atoms with E-state index in [1.165, 1.54) is 0 Å². The number of piperazine rings is 1. The number of ether oxygens (including phenoxy) is 1. The molecule has 1 aromatic carbocycles. The van der Waals surface area contributed by atoms with Crippen molar-refractivity contribution in [3.05, 3.63) is 33.3 Å². The third kappa shape index (κ3) is 6.69.